The van der Waals surface area contributed by atoms with Gasteiger partial charge in [-0.1, -0.05) is 0 Å². The van der Waals surface area contributed by atoms with Gasteiger partial charge in [0.15, 0.2) is 6.04 Å². The van der Waals surface area contributed by atoms with Crippen molar-refractivity contribution in [1.82, 2.24) is 20.0 Å². The number of nitrogens with one attached hydrogen (secondary N) is 1. The molecule has 2 rings (SSSR count). The van der Waals surface area contributed by atoms with E-state index < -0.39 is 12.0 Å². The smallest absolute Gasteiger partial charge is 0.331 e. The van der Waals surface area contributed by atoms with E-state index in [2.05, 4.69) is 10.4 Å². The summed E-state index contributed by atoms with van der Waals surface area (Å²) in [5.41, 5.74) is 0.450. The summed E-state index contributed by atoms with van der Waals surface area (Å²) in [6, 6.07) is -1.46. The number of hydrogen-bond donors (Lipinski definition) is 2. The highest BCUT2D eigenvalue weighted by atomic mass is 16.5. The molecule has 8 heteroatoms. The summed E-state index contributed by atoms with van der Waals surface area (Å²) in [6.07, 6.45) is 3.89. The third-order valence-electron chi connectivity index (χ3n) is 3.55. The van der Waals surface area contributed by atoms with Crippen molar-refractivity contribution in [3.05, 3.63) is 18.0 Å². The molecule has 8 nitrogen and oxygen atoms in total. The Bertz CT molecular complexity index is 516. The summed E-state index contributed by atoms with van der Waals surface area (Å²) < 4.78 is 6.58. The quantitative estimate of drug-likeness (QED) is 0.810. The number of aromatic nitrogens is 2. The molecule has 1 aliphatic heterocycles. The Morgan fingerprint density at radius 3 is 2.95 bits per heavy atom. The summed E-state index contributed by atoms with van der Waals surface area (Å²) in [5, 5.41) is 15.8. The van der Waals surface area contributed by atoms with Gasteiger partial charge in [0.2, 0.25) is 0 Å². The average molecular weight is 296 g/mol. The molecule has 2 N–H and O–H groups in total. The first-order valence-corrected chi connectivity index (χ1v) is 6.77. The molecule has 2 unspecified atom stereocenters. The van der Waals surface area contributed by atoms with Crippen LogP contribution in [0.2, 0.25) is 0 Å². The Labute approximate surface area is 122 Å². The fourth-order valence-electron chi connectivity index (χ4n) is 2.48. The molecule has 0 saturated carbocycles. The van der Waals surface area contributed by atoms with E-state index in [1.54, 1.807) is 25.3 Å². The highest BCUT2D eigenvalue weighted by Crippen LogP contribution is 2.18. The normalized spacial score (nSPS) is 19.5. The van der Waals surface area contributed by atoms with E-state index in [-0.39, 0.29) is 6.03 Å². The SMILES string of the molecule is COCC1CCN(C(=O)NC(C(=O)O)c2cnn(C)c2)C1. The van der Waals surface area contributed by atoms with Gasteiger partial charge in [0.1, 0.15) is 0 Å². The molecule has 2 amide bonds. The molecule has 116 valence electrons. The number of carbonyl (C=O) groups is 2. The van der Waals surface area contributed by atoms with Crippen LogP contribution in [0.3, 0.4) is 0 Å². The van der Waals surface area contributed by atoms with Gasteiger partial charge in [-0.05, 0) is 6.42 Å². The maximum Gasteiger partial charge on any atom is 0.331 e. The molecule has 0 bridgehead atoms. The molecule has 2 heterocycles. The predicted octanol–water partition coefficient (Wildman–Crippen LogP) is 0.224. The number of carbonyl (C=O) groups excluding carboxylic acids is 1. The number of aryl methyl sites for hydroxylation is 1. The number of methoxy groups -OCH3 is 1. The number of aliphatic carboxylic acids is 1. The fourth-order valence-corrected chi connectivity index (χ4v) is 2.48. The largest absolute Gasteiger partial charge is 0.479 e. The van der Waals surface area contributed by atoms with Crippen molar-refractivity contribution in [2.24, 2.45) is 13.0 Å². The minimum atomic E-state index is -1.11. The minimum absolute atomic E-state index is 0.308. The second kappa shape index (κ2) is 6.57. The van der Waals surface area contributed by atoms with Crippen LogP contribution in [-0.2, 0) is 16.6 Å². The Balaban J connectivity index is 1.98. The highest BCUT2D eigenvalue weighted by Gasteiger charge is 2.30. The third kappa shape index (κ3) is 3.72. The van der Waals surface area contributed by atoms with Crippen molar-refractivity contribution in [2.75, 3.05) is 26.8 Å². The Morgan fingerprint density at radius 1 is 1.62 bits per heavy atom. The first-order valence-electron chi connectivity index (χ1n) is 6.77. The van der Waals surface area contributed by atoms with E-state index >= 15 is 0 Å². The minimum Gasteiger partial charge on any atom is -0.479 e. The molecule has 1 fully saturated rings. The lowest BCUT2D eigenvalue weighted by Gasteiger charge is -2.20. The first-order chi connectivity index (χ1) is 10.0. The van der Waals surface area contributed by atoms with Crippen LogP contribution >= 0.6 is 0 Å². The zero-order valence-electron chi connectivity index (χ0n) is 12.2. The molecule has 0 spiro atoms. The van der Waals surface area contributed by atoms with E-state index in [0.717, 1.165) is 6.42 Å². The average Bonchev–Trinajstić information content (AvgIpc) is 3.05. The van der Waals surface area contributed by atoms with E-state index in [1.807, 2.05) is 0 Å². The topological polar surface area (TPSA) is 96.7 Å². The summed E-state index contributed by atoms with van der Waals surface area (Å²) in [4.78, 5) is 25.1. The molecular weight excluding hydrogens is 276 g/mol. The highest BCUT2D eigenvalue weighted by molar-refractivity contribution is 5.83. The summed E-state index contributed by atoms with van der Waals surface area (Å²) >= 11 is 0. The number of urea groups is 1. The zero-order chi connectivity index (χ0) is 15.4. The lowest BCUT2D eigenvalue weighted by Crippen LogP contribution is -2.42. The molecule has 0 radical (unpaired) electrons. The molecule has 1 aliphatic rings. The molecule has 1 aromatic heterocycles. The lowest BCUT2D eigenvalue weighted by atomic mass is 10.1. The molecule has 0 aromatic carbocycles. The Kier molecular flexibility index (Phi) is 4.79. The van der Waals surface area contributed by atoms with Crippen LogP contribution in [0.25, 0.3) is 0 Å². The number of amides is 2. The predicted molar refractivity (Wildman–Crippen MR) is 73.7 cm³/mol. The number of ether oxygens (including phenoxy) is 1. The standard InChI is InChI=1S/C13H20N4O4/c1-16-7-10(5-14-16)11(12(18)19)15-13(20)17-4-3-9(6-17)8-21-2/h5,7,9,11H,3-4,6,8H2,1-2H3,(H,15,20)(H,18,19). The maximum atomic E-state index is 12.2. The van der Waals surface area contributed by atoms with E-state index in [0.29, 0.717) is 31.2 Å². The zero-order valence-corrected chi connectivity index (χ0v) is 12.2. The molecule has 1 saturated heterocycles. The van der Waals surface area contributed by atoms with Crippen LogP contribution in [0, 0.1) is 5.92 Å². The second-order valence-electron chi connectivity index (χ2n) is 5.22. The van der Waals surface area contributed by atoms with Crippen molar-refractivity contribution in [2.45, 2.75) is 12.5 Å². The summed E-state index contributed by atoms with van der Waals surface area (Å²) in [5.74, 6) is -0.800. The summed E-state index contributed by atoms with van der Waals surface area (Å²) in [6.45, 7) is 1.80. The van der Waals surface area contributed by atoms with Crippen molar-refractivity contribution in [3.8, 4) is 0 Å². The maximum absolute atomic E-state index is 12.2. The first kappa shape index (κ1) is 15.3. The van der Waals surface area contributed by atoms with Crippen LogP contribution in [0.4, 0.5) is 4.79 Å². The van der Waals surface area contributed by atoms with Gasteiger partial charge in [0.25, 0.3) is 0 Å². The van der Waals surface area contributed by atoms with Crippen LogP contribution in [-0.4, -0.2) is 58.6 Å². The molecule has 2 atom stereocenters. The van der Waals surface area contributed by atoms with E-state index in [9.17, 15) is 14.7 Å². The number of rotatable bonds is 5. The van der Waals surface area contributed by atoms with Crippen LogP contribution in [0.5, 0.6) is 0 Å². The van der Waals surface area contributed by atoms with Gasteiger partial charge in [0, 0.05) is 44.9 Å². The molecule has 1 aromatic rings. The number of carboxylic acid groups (broad SMARTS) is 1. The number of likely N-dealkylation sites (tertiary alicyclic amines) is 1. The van der Waals surface area contributed by atoms with Gasteiger partial charge >= 0.3 is 12.0 Å². The number of nitrogens with zero attached hydrogens (tertiary/aromatic N) is 3. The monoisotopic (exact) mass is 296 g/mol. The van der Waals surface area contributed by atoms with Crippen molar-refractivity contribution < 1.29 is 19.4 Å². The third-order valence-corrected chi connectivity index (χ3v) is 3.55. The number of carboxylic acids is 1. The van der Waals surface area contributed by atoms with Crippen LogP contribution in [0.1, 0.15) is 18.0 Å². The molecular formula is C13H20N4O4. The Morgan fingerprint density at radius 2 is 2.38 bits per heavy atom. The Hall–Kier alpha value is -2.09. The lowest BCUT2D eigenvalue weighted by molar-refractivity contribution is -0.139. The van der Waals surface area contributed by atoms with Crippen molar-refractivity contribution in [3.63, 3.8) is 0 Å². The van der Waals surface area contributed by atoms with E-state index in [4.69, 9.17) is 4.74 Å². The van der Waals surface area contributed by atoms with Gasteiger partial charge in [-0.2, -0.15) is 5.10 Å². The van der Waals surface area contributed by atoms with Gasteiger partial charge in [-0.3, -0.25) is 4.68 Å². The van der Waals surface area contributed by atoms with Gasteiger partial charge in [0.05, 0.1) is 12.8 Å². The van der Waals surface area contributed by atoms with Gasteiger partial charge < -0.3 is 20.1 Å². The molecule has 21 heavy (non-hydrogen) atoms. The summed E-state index contributed by atoms with van der Waals surface area (Å²) in [7, 11) is 3.33. The van der Waals surface area contributed by atoms with Crippen LogP contribution in [0.15, 0.2) is 12.4 Å². The van der Waals surface area contributed by atoms with Crippen LogP contribution < -0.4 is 5.32 Å². The fraction of sp³-hybridized carbons (Fsp3) is 0.615. The van der Waals surface area contributed by atoms with Gasteiger partial charge in [-0.25, -0.2) is 9.59 Å². The van der Waals surface area contributed by atoms with Crippen molar-refractivity contribution in [1.29, 1.82) is 0 Å². The van der Waals surface area contributed by atoms with Crippen molar-refractivity contribution >= 4 is 12.0 Å². The van der Waals surface area contributed by atoms with E-state index in [1.165, 1.54) is 10.9 Å². The number of hydrogen-bond acceptors (Lipinski definition) is 4. The molecule has 0 aliphatic carbocycles. The second-order valence-corrected chi connectivity index (χ2v) is 5.22. The van der Waals surface area contributed by atoms with Gasteiger partial charge in [-0.15, -0.1) is 0 Å².